The van der Waals surface area contributed by atoms with Crippen LogP contribution in [0.1, 0.15) is 24.0 Å². The Morgan fingerprint density at radius 3 is 2.88 bits per heavy atom. The van der Waals surface area contributed by atoms with E-state index in [2.05, 4.69) is 16.0 Å². The van der Waals surface area contributed by atoms with Gasteiger partial charge in [0.15, 0.2) is 0 Å². The van der Waals surface area contributed by atoms with E-state index in [9.17, 15) is 9.18 Å². The summed E-state index contributed by atoms with van der Waals surface area (Å²) in [7, 11) is 0. The topological polar surface area (TPSA) is 36.4 Å². The second kappa shape index (κ2) is 6.73. The molecular formula is C19H19ClFN3O. The zero-order chi connectivity index (χ0) is 17.4. The predicted octanol–water partition coefficient (Wildman–Crippen LogP) is 3.25. The Labute approximate surface area is 151 Å². The molecule has 2 saturated heterocycles. The minimum atomic E-state index is -0.358. The molecule has 0 aliphatic carbocycles. The highest BCUT2D eigenvalue weighted by atomic mass is 35.5. The number of rotatable bonds is 4. The maximum absolute atomic E-state index is 13.2. The second-order valence-corrected chi connectivity index (χ2v) is 7.12. The number of likely N-dealkylation sites (tertiary alicyclic amines) is 2. The van der Waals surface area contributed by atoms with E-state index in [1.807, 2.05) is 17.2 Å². The van der Waals surface area contributed by atoms with Gasteiger partial charge in [0.2, 0.25) is 5.91 Å². The molecule has 0 bridgehead atoms. The number of amides is 1. The van der Waals surface area contributed by atoms with Crippen LogP contribution in [0.5, 0.6) is 0 Å². The van der Waals surface area contributed by atoms with E-state index in [1.54, 1.807) is 12.3 Å². The zero-order valence-electron chi connectivity index (χ0n) is 13.7. The van der Waals surface area contributed by atoms with Crippen LogP contribution in [0.25, 0.3) is 0 Å². The number of pyridine rings is 1. The molecule has 2 aliphatic heterocycles. The third-order valence-corrected chi connectivity index (χ3v) is 5.55. The van der Waals surface area contributed by atoms with Crippen molar-refractivity contribution in [3.63, 3.8) is 0 Å². The molecule has 4 rings (SSSR count). The monoisotopic (exact) mass is 359 g/mol. The van der Waals surface area contributed by atoms with Gasteiger partial charge in [0, 0.05) is 55.6 Å². The highest BCUT2D eigenvalue weighted by Crippen LogP contribution is 2.35. The largest absolute Gasteiger partial charge is 0.334 e. The first kappa shape index (κ1) is 16.5. The number of halogens is 2. The molecule has 4 nitrogen and oxygen atoms in total. The number of carbonyl (C=O) groups excluding carboxylic acids is 1. The average Bonchev–Trinajstić information content (AvgIpc) is 3.11. The first-order chi connectivity index (χ1) is 12.1. The van der Waals surface area contributed by atoms with Crippen molar-refractivity contribution in [2.24, 2.45) is 0 Å². The summed E-state index contributed by atoms with van der Waals surface area (Å²) in [5.74, 6) is -0.214. The number of benzene rings is 1. The third-order valence-electron chi connectivity index (χ3n) is 5.19. The van der Waals surface area contributed by atoms with Crippen LogP contribution in [0.2, 0.25) is 5.02 Å². The summed E-state index contributed by atoms with van der Waals surface area (Å²) in [6.07, 6.45) is 5.13. The summed E-state index contributed by atoms with van der Waals surface area (Å²) in [6.45, 7) is 2.22. The average molecular weight is 360 g/mol. The van der Waals surface area contributed by atoms with Gasteiger partial charge in [-0.2, -0.15) is 0 Å². The first-order valence-corrected chi connectivity index (χ1v) is 8.86. The highest BCUT2D eigenvalue weighted by Gasteiger charge is 2.46. The van der Waals surface area contributed by atoms with Crippen LogP contribution in [-0.2, 0) is 17.9 Å². The molecule has 3 heterocycles. The van der Waals surface area contributed by atoms with Gasteiger partial charge in [-0.3, -0.25) is 14.7 Å². The summed E-state index contributed by atoms with van der Waals surface area (Å²) < 4.78 is 13.2. The van der Waals surface area contributed by atoms with Gasteiger partial charge in [-0.05, 0) is 35.7 Å². The Morgan fingerprint density at radius 2 is 2.12 bits per heavy atom. The number of hydrogen-bond acceptors (Lipinski definition) is 3. The minimum Gasteiger partial charge on any atom is -0.334 e. The van der Waals surface area contributed by atoms with Crippen LogP contribution in [0.3, 0.4) is 0 Å². The van der Waals surface area contributed by atoms with E-state index in [1.165, 1.54) is 12.1 Å². The molecular weight excluding hydrogens is 341 g/mol. The van der Waals surface area contributed by atoms with Gasteiger partial charge in [-0.25, -0.2) is 4.39 Å². The van der Waals surface area contributed by atoms with Crippen LogP contribution in [0, 0.1) is 5.82 Å². The first-order valence-electron chi connectivity index (χ1n) is 8.48. The lowest BCUT2D eigenvalue weighted by Crippen LogP contribution is -2.36. The molecule has 0 N–H and O–H groups in total. The van der Waals surface area contributed by atoms with Crippen LogP contribution in [-0.4, -0.2) is 39.3 Å². The van der Waals surface area contributed by atoms with Crippen LogP contribution >= 0.6 is 11.6 Å². The Balaban J connectivity index is 1.48. The standard InChI is InChI=1S/C19H19ClFN3O/c20-16-8-15(21)4-3-14(16)12-24-17-5-7-23(18(17)9-19(24)25)11-13-2-1-6-22-10-13/h1-4,6,8,10,17-18H,5,7,9,11-12H2/t17-,18-/m0/s1. The summed E-state index contributed by atoms with van der Waals surface area (Å²) in [5.41, 5.74) is 1.96. The normalized spacial score (nSPS) is 23.3. The van der Waals surface area contributed by atoms with Gasteiger partial charge in [-0.15, -0.1) is 0 Å². The molecule has 1 aromatic heterocycles. The highest BCUT2D eigenvalue weighted by molar-refractivity contribution is 6.31. The second-order valence-electron chi connectivity index (χ2n) is 6.72. The molecule has 2 atom stereocenters. The van der Waals surface area contributed by atoms with Crippen molar-refractivity contribution in [2.75, 3.05) is 6.54 Å². The van der Waals surface area contributed by atoms with E-state index in [-0.39, 0.29) is 23.8 Å². The van der Waals surface area contributed by atoms with Crippen LogP contribution < -0.4 is 0 Å². The Kier molecular flexibility index (Phi) is 4.44. The molecule has 0 spiro atoms. The minimum absolute atomic E-state index is 0.145. The lowest BCUT2D eigenvalue weighted by Gasteiger charge is -2.26. The van der Waals surface area contributed by atoms with E-state index in [4.69, 9.17) is 11.6 Å². The molecule has 1 aromatic carbocycles. The van der Waals surface area contributed by atoms with Crippen molar-refractivity contribution >= 4 is 17.5 Å². The van der Waals surface area contributed by atoms with Crippen LogP contribution in [0.15, 0.2) is 42.7 Å². The van der Waals surface area contributed by atoms with Crippen molar-refractivity contribution < 1.29 is 9.18 Å². The van der Waals surface area contributed by atoms with Gasteiger partial charge in [-0.1, -0.05) is 23.7 Å². The number of carbonyl (C=O) groups is 1. The van der Waals surface area contributed by atoms with E-state index < -0.39 is 0 Å². The molecule has 130 valence electrons. The SMILES string of the molecule is O=C1C[C@H]2[C@H](CCN2Cc2cccnc2)N1Cc1ccc(F)cc1Cl. The van der Waals surface area contributed by atoms with Crippen molar-refractivity contribution in [2.45, 2.75) is 38.0 Å². The van der Waals surface area contributed by atoms with Crippen molar-refractivity contribution in [1.29, 1.82) is 0 Å². The summed E-state index contributed by atoms with van der Waals surface area (Å²) in [4.78, 5) is 21.0. The molecule has 1 amide bonds. The molecule has 0 unspecified atom stereocenters. The Bertz CT molecular complexity index is 785. The fourth-order valence-corrected chi connectivity index (χ4v) is 4.20. The van der Waals surface area contributed by atoms with Gasteiger partial charge in [0.25, 0.3) is 0 Å². The van der Waals surface area contributed by atoms with E-state index in [0.717, 1.165) is 30.6 Å². The van der Waals surface area contributed by atoms with E-state index >= 15 is 0 Å². The zero-order valence-corrected chi connectivity index (χ0v) is 14.5. The van der Waals surface area contributed by atoms with Crippen molar-refractivity contribution in [1.82, 2.24) is 14.8 Å². The van der Waals surface area contributed by atoms with Gasteiger partial charge >= 0.3 is 0 Å². The molecule has 2 aromatic rings. The summed E-state index contributed by atoms with van der Waals surface area (Å²) >= 11 is 6.14. The third kappa shape index (κ3) is 3.26. The number of hydrogen-bond donors (Lipinski definition) is 0. The van der Waals surface area contributed by atoms with Crippen molar-refractivity contribution in [3.05, 3.63) is 64.7 Å². The maximum Gasteiger partial charge on any atom is 0.224 e. The molecule has 2 fully saturated rings. The maximum atomic E-state index is 13.2. The summed E-state index contributed by atoms with van der Waals surface area (Å²) in [5, 5.41) is 0.376. The number of fused-ring (bicyclic) bond motifs is 1. The van der Waals surface area contributed by atoms with Gasteiger partial charge in [0.05, 0.1) is 0 Å². The summed E-state index contributed by atoms with van der Waals surface area (Å²) in [6, 6.07) is 8.79. The lowest BCUT2D eigenvalue weighted by molar-refractivity contribution is -0.129. The number of nitrogens with zero attached hydrogens (tertiary/aromatic N) is 3. The van der Waals surface area contributed by atoms with Crippen LogP contribution in [0.4, 0.5) is 4.39 Å². The smallest absolute Gasteiger partial charge is 0.224 e. The molecule has 0 saturated carbocycles. The number of aromatic nitrogens is 1. The lowest BCUT2D eigenvalue weighted by atomic mass is 10.1. The molecule has 2 aliphatic rings. The quantitative estimate of drug-likeness (QED) is 0.840. The Hall–Kier alpha value is -1.98. The molecule has 6 heteroatoms. The molecule has 25 heavy (non-hydrogen) atoms. The fourth-order valence-electron chi connectivity index (χ4n) is 3.97. The van der Waals surface area contributed by atoms with Gasteiger partial charge in [0.1, 0.15) is 5.82 Å². The molecule has 0 radical (unpaired) electrons. The van der Waals surface area contributed by atoms with Gasteiger partial charge < -0.3 is 4.90 Å². The fraction of sp³-hybridized carbons (Fsp3) is 0.368. The van der Waals surface area contributed by atoms with E-state index in [0.29, 0.717) is 18.0 Å². The predicted molar refractivity (Wildman–Crippen MR) is 93.4 cm³/mol. The van der Waals surface area contributed by atoms with Crippen molar-refractivity contribution in [3.8, 4) is 0 Å². The Morgan fingerprint density at radius 1 is 1.24 bits per heavy atom.